The molecule has 1 aromatic carbocycles. The minimum Gasteiger partial charge on any atom is -0.493 e. The van der Waals surface area contributed by atoms with Crippen LogP contribution in [0.4, 0.5) is 0 Å². The molecule has 1 aliphatic heterocycles. The highest BCUT2D eigenvalue weighted by Gasteiger charge is 2.21. The number of ether oxygens (including phenoxy) is 1. The Balaban J connectivity index is 1.76. The molecule has 21 heavy (non-hydrogen) atoms. The highest BCUT2D eigenvalue weighted by Crippen LogP contribution is 2.34. The Bertz CT molecular complexity index is 586. The van der Waals surface area contributed by atoms with E-state index < -0.39 is 0 Å². The van der Waals surface area contributed by atoms with Gasteiger partial charge in [-0.3, -0.25) is 0 Å². The zero-order valence-corrected chi connectivity index (χ0v) is 12.9. The number of benzene rings is 1. The van der Waals surface area contributed by atoms with E-state index in [4.69, 9.17) is 4.74 Å². The predicted molar refractivity (Wildman–Crippen MR) is 85.8 cm³/mol. The predicted octanol–water partition coefficient (Wildman–Crippen LogP) is 3.72. The minimum atomic E-state index is 0.452. The second kappa shape index (κ2) is 6.35. The molecule has 2 heterocycles. The van der Waals surface area contributed by atoms with Crippen LogP contribution in [0, 0.1) is 0 Å². The van der Waals surface area contributed by atoms with E-state index in [1.165, 1.54) is 11.1 Å². The van der Waals surface area contributed by atoms with Crippen molar-refractivity contribution in [3.05, 3.63) is 53.9 Å². The number of fused-ring (bicyclic) bond motifs is 1. The minimum absolute atomic E-state index is 0.452. The highest BCUT2D eigenvalue weighted by molar-refractivity contribution is 5.37. The number of nitrogens with one attached hydrogen (secondary N) is 1. The van der Waals surface area contributed by atoms with E-state index in [9.17, 15) is 0 Å². The third kappa shape index (κ3) is 2.98. The lowest BCUT2D eigenvalue weighted by molar-refractivity contribution is 0.259. The first kappa shape index (κ1) is 14.2. The molecule has 1 N–H and O–H groups in total. The second-order valence-corrected chi connectivity index (χ2v) is 5.76. The van der Waals surface area contributed by atoms with Gasteiger partial charge in [0.1, 0.15) is 5.75 Å². The number of aromatic nitrogens is 1. The molecule has 0 radical (unpaired) electrons. The molecule has 2 unspecified atom stereocenters. The lowest BCUT2D eigenvalue weighted by Gasteiger charge is -2.26. The van der Waals surface area contributed by atoms with Crippen molar-refractivity contribution in [1.29, 1.82) is 0 Å². The van der Waals surface area contributed by atoms with Crippen molar-refractivity contribution in [2.75, 3.05) is 13.7 Å². The largest absolute Gasteiger partial charge is 0.493 e. The molecule has 1 aliphatic rings. The molecule has 3 nitrogen and oxygen atoms in total. The van der Waals surface area contributed by atoms with Gasteiger partial charge in [0.25, 0.3) is 0 Å². The molecule has 0 aliphatic carbocycles. The smallest absolute Gasteiger partial charge is 0.122 e. The third-order valence-electron chi connectivity index (χ3n) is 4.45. The summed E-state index contributed by atoms with van der Waals surface area (Å²) < 4.78 is 8.07. The van der Waals surface area contributed by atoms with Crippen molar-refractivity contribution in [3.63, 3.8) is 0 Å². The normalized spacial score (nSPS) is 18.9. The molecule has 2 aromatic rings. The summed E-state index contributed by atoms with van der Waals surface area (Å²) >= 11 is 0. The fraction of sp³-hybridized carbons (Fsp3) is 0.444. The van der Waals surface area contributed by atoms with E-state index in [2.05, 4.69) is 53.5 Å². The van der Waals surface area contributed by atoms with E-state index >= 15 is 0 Å². The Hall–Kier alpha value is -1.74. The SMILES string of the molecule is CCC(NC)c1ccn(CC2CCOc3ccccc32)c1. The molecule has 0 bridgehead atoms. The van der Waals surface area contributed by atoms with Gasteiger partial charge in [-0.1, -0.05) is 25.1 Å². The molecular formula is C18H24N2O. The Morgan fingerprint density at radius 2 is 2.19 bits per heavy atom. The fourth-order valence-corrected chi connectivity index (χ4v) is 3.25. The first-order valence-electron chi connectivity index (χ1n) is 7.86. The van der Waals surface area contributed by atoms with Crippen molar-refractivity contribution in [2.45, 2.75) is 38.3 Å². The number of rotatable bonds is 5. The molecule has 2 atom stereocenters. The molecule has 112 valence electrons. The summed E-state index contributed by atoms with van der Waals surface area (Å²) in [7, 11) is 2.03. The van der Waals surface area contributed by atoms with Gasteiger partial charge < -0.3 is 14.6 Å². The molecular weight excluding hydrogens is 260 g/mol. The molecule has 0 spiro atoms. The number of para-hydroxylation sites is 1. The van der Waals surface area contributed by atoms with Crippen molar-refractivity contribution in [2.24, 2.45) is 0 Å². The zero-order chi connectivity index (χ0) is 14.7. The van der Waals surface area contributed by atoms with E-state index in [1.54, 1.807) is 0 Å². The summed E-state index contributed by atoms with van der Waals surface area (Å²) in [5.41, 5.74) is 2.72. The molecule has 1 aromatic heterocycles. The van der Waals surface area contributed by atoms with Crippen LogP contribution in [0.3, 0.4) is 0 Å². The van der Waals surface area contributed by atoms with Crippen LogP contribution >= 0.6 is 0 Å². The standard InChI is InChI=1S/C18H24N2O/c1-3-17(19-2)15-8-10-20(13-15)12-14-9-11-21-18-7-5-4-6-16(14)18/h4-8,10,13-14,17,19H,3,9,11-12H2,1-2H3. The Morgan fingerprint density at radius 1 is 1.33 bits per heavy atom. The van der Waals surface area contributed by atoms with Crippen LogP contribution in [0.5, 0.6) is 5.75 Å². The van der Waals surface area contributed by atoms with Gasteiger partial charge in [-0.05, 0) is 43.1 Å². The van der Waals surface area contributed by atoms with Gasteiger partial charge in [-0.25, -0.2) is 0 Å². The molecule has 0 saturated carbocycles. The molecule has 3 rings (SSSR count). The Labute approximate surface area is 126 Å². The van der Waals surface area contributed by atoms with Gasteiger partial charge in [-0.15, -0.1) is 0 Å². The summed E-state index contributed by atoms with van der Waals surface area (Å²) in [6, 6.07) is 11.1. The first-order chi connectivity index (χ1) is 10.3. The summed E-state index contributed by atoms with van der Waals surface area (Å²) in [5, 5.41) is 3.37. The van der Waals surface area contributed by atoms with Crippen LogP contribution in [0.15, 0.2) is 42.7 Å². The van der Waals surface area contributed by atoms with Gasteiger partial charge >= 0.3 is 0 Å². The van der Waals surface area contributed by atoms with Crippen molar-refractivity contribution >= 4 is 0 Å². The average Bonchev–Trinajstić information content (AvgIpc) is 2.97. The molecule has 3 heteroatoms. The molecule has 0 saturated heterocycles. The van der Waals surface area contributed by atoms with Crippen LogP contribution in [-0.2, 0) is 6.54 Å². The van der Waals surface area contributed by atoms with E-state index in [0.717, 1.165) is 31.7 Å². The van der Waals surface area contributed by atoms with Crippen molar-refractivity contribution in [1.82, 2.24) is 9.88 Å². The number of nitrogens with zero attached hydrogens (tertiary/aromatic N) is 1. The van der Waals surface area contributed by atoms with Crippen LogP contribution < -0.4 is 10.1 Å². The Morgan fingerprint density at radius 3 is 3.00 bits per heavy atom. The number of hydrogen-bond acceptors (Lipinski definition) is 2. The Kier molecular flexibility index (Phi) is 4.30. The lowest BCUT2D eigenvalue weighted by Crippen LogP contribution is -2.18. The maximum atomic E-state index is 5.75. The van der Waals surface area contributed by atoms with E-state index in [1.807, 2.05) is 13.1 Å². The van der Waals surface area contributed by atoms with E-state index in [0.29, 0.717) is 12.0 Å². The van der Waals surface area contributed by atoms with Crippen LogP contribution in [0.25, 0.3) is 0 Å². The average molecular weight is 284 g/mol. The van der Waals surface area contributed by atoms with E-state index in [-0.39, 0.29) is 0 Å². The van der Waals surface area contributed by atoms with Gasteiger partial charge in [-0.2, -0.15) is 0 Å². The highest BCUT2D eigenvalue weighted by atomic mass is 16.5. The maximum Gasteiger partial charge on any atom is 0.122 e. The van der Waals surface area contributed by atoms with Crippen molar-refractivity contribution < 1.29 is 4.74 Å². The number of hydrogen-bond donors (Lipinski definition) is 1. The van der Waals surface area contributed by atoms with Gasteiger partial charge in [0.2, 0.25) is 0 Å². The van der Waals surface area contributed by atoms with Gasteiger partial charge in [0.05, 0.1) is 6.61 Å². The van der Waals surface area contributed by atoms with Gasteiger partial charge in [0, 0.05) is 30.9 Å². The summed E-state index contributed by atoms with van der Waals surface area (Å²) in [6.45, 7) is 4.07. The van der Waals surface area contributed by atoms with Crippen LogP contribution in [-0.4, -0.2) is 18.2 Å². The van der Waals surface area contributed by atoms with Gasteiger partial charge in [0.15, 0.2) is 0 Å². The second-order valence-electron chi connectivity index (χ2n) is 5.76. The molecule has 0 amide bonds. The molecule has 0 fully saturated rings. The zero-order valence-electron chi connectivity index (χ0n) is 12.9. The summed E-state index contributed by atoms with van der Waals surface area (Å²) in [6.07, 6.45) is 6.69. The topological polar surface area (TPSA) is 26.2 Å². The quantitative estimate of drug-likeness (QED) is 0.905. The van der Waals surface area contributed by atoms with Crippen LogP contribution in [0.1, 0.15) is 42.9 Å². The fourth-order valence-electron chi connectivity index (χ4n) is 3.25. The summed E-state index contributed by atoms with van der Waals surface area (Å²) in [4.78, 5) is 0. The third-order valence-corrected chi connectivity index (χ3v) is 4.45. The van der Waals surface area contributed by atoms with Crippen molar-refractivity contribution in [3.8, 4) is 5.75 Å². The monoisotopic (exact) mass is 284 g/mol. The summed E-state index contributed by atoms with van der Waals surface area (Å²) in [5.74, 6) is 1.60. The first-order valence-corrected chi connectivity index (χ1v) is 7.86. The van der Waals surface area contributed by atoms with Crippen LogP contribution in [0.2, 0.25) is 0 Å². The lowest BCUT2D eigenvalue weighted by atomic mass is 9.93. The maximum absolute atomic E-state index is 5.75.